The summed E-state index contributed by atoms with van der Waals surface area (Å²) in [4.78, 5) is 5.05. The van der Waals surface area contributed by atoms with Crippen molar-refractivity contribution in [1.29, 1.82) is 0 Å². The maximum atomic E-state index is 5.67. The average molecular weight is 398 g/mol. The van der Waals surface area contributed by atoms with Crippen LogP contribution in [-0.2, 0) is 16.7 Å². The van der Waals surface area contributed by atoms with E-state index in [9.17, 15) is 0 Å². The molecule has 0 saturated carbocycles. The third-order valence-corrected chi connectivity index (χ3v) is 5.40. The Morgan fingerprint density at radius 2 is 1.68 bits per heavy atom. The molecule has 0 amide bonds. The first-order chi connectivity index (χ1) is 11.9. The zero-order valence-electron chi connectivity index (χ0n) is 13.9. The summed E-state index contributed by atoms with van der Waals surface area (Å²) in [6.07, 6.45) is 1.98. The van der Waals surface area contributed by atoms with Gasteiger partial charge in [0.2, 0.25) is 0 Å². The van der Waals surface area contributed by atoms with E-state index in [-0.39, 0.29) is 22.4 Å². The van der Waals surface area contributed by atoms with Crippen molar-refractivity contribution in [2.45, 2.75) is 24.8 Å². The van der Waals surface area contributed by atoms with E-state index in [1.807, 2.05) is 6.07 Å². The third-order valence-electron chi connectivity index (χ3n) is 5.40. The predicted molar refractivity (Wildman–Crippen MR) is 90.6 cm³/mol. The smallest absolute Gasteiger partial charge is 0.330 e. The van der Waals surface area contributed by atoms with Gasteiger partial charge in [-0.1, -0.05) is 42.5 Å². The number of H-pyrrole nitrogens is 1. The minimum atomic E-state index is -0.0311. The van der Waals surface area contributed by atoms with Crippen molar-refractivity contribution in [3.05, 3.63) is 71.5 Å². The summed E-state index contributed by atoms with van der Waals surface area (Å²) in [6.45, 7) is 2.44. The van der Waals surface area contributed by atoms with Gasteiger partial charge in [-0.3, -0.25) is 0 Å². The summed E-state index contributed by atoms with van der Waals surface area (Å²) in [5, 5.41) is 3.53. The Kier molecular flexibility index (Phi) is 4.21. The number of ether oxygens (including phenoxy) is 1. The first kappa shape index (κ1) is 16.5. The lowest BCUT2D eigenvalue weighted by Crippen LogP contribution is -3.00. The van der Waals surface area contributed by atoms with Gasteiger partial charge in [-0.25, -0.2) is 0 Å². The van der Waals surface area contributed by atoms with Crippen LogP contribution in [0.4, 0.5) is 0 Å². The van der Waals surface area contributed by atoms with Gasteiger partial charge in [-0.15, -0.1) is 0 Å². The quantitative estimate of drug-likeness (QED) is 0.579. The minimum absolute atomic E-state index is 0. The first-order valence-electron chi connectivity index (χ1n) is 8.59. The molecule has 0 unspecified atom stereocenters. The van der Waals surface area contributed by atoms with Gasteiger partial charge in [0.05, 0.1) is 0 Å². The van der Waals surface area contributed by atoms with Crippen molar-refractivity contribution in [3.8, 4) is 11.4 Å². The minimum Gasteiger partial charge on any atom is -1.00 e. The van der Waals surface area contributed by atoms with Crippen LogP contribution in [0.3, 0.4) is 0 Å². The number of fused-ring (bicyclic) bond motifs is 4. The van der Waals surface area contributed by atoms with Gasteiger partial charge in [0.1, 0.15) is 12.0 Å². The molecule has 2 aromatic carbocycles. The molecular formula is C20H20BrN3O. The molecule has 128 valence electrons. The van der Waals surface area contributed by atoms with E-state index < -0.39 is 0 Å². The zero-order chi connectivity index (χ0) is 16.0. The van der Waals surface area contributed by atoms with Gasteiger partial charge in [0, 0.05) is 18.8 Å². The molecule has 1 fully saturated rings. The highest BCUT2D eigenvalue weighted by molar-refractivity contribution is 5.54. The van der Waals surface area contributed by atoms with Crippen LogP contribution in [0.15, 0.2) is 54.6 Å². The van der Waals surface area contributed by atoms with E-state index >= 15 is 0 Å². The fourth-order valence-electron chi connectivity index (χ4n) is 4.21. The molecule has 2 aliphatic rings. The molecule has 0 atom stereocenters. The van der Waals surface area contributed by atoms with E-state index in [1.165, 1.54) is 11.1 Å². The molecule has 1 N–H and O–H groups in total. The van der Waals surface area contributed by atoms with Crippen molar-refractivity contribution in [2.75, 3.05) is 13.2 Å². The van der Waals surface area contributed by atoms with E-state index in [2.05, 4.69) is 58.3 Å². The summed E-state index contributed by atoms with van der Waals surface area (Å²) in [7, 11) is 0. The summed E-state index contributed by atoms with van der Waals surface area (Å²) in [5.41, 5.74) is 3.92. The average Bonchev–Trinajstić information content (AvgIpc) is 3.09. The second-order valence-corrected chi connectivity index (χ2v) is 6.70. The Bertz CT molecular complexity index is 885. The first-order valence-corrected chi connectivity index (χ1v) is 8.59. The molecule has 1 aromatic heterocycles. The molecule has 0 aliphatic carbocycles. The largest absolute Gasteiger partial charge is 1.00 e. The maximum absolute atomic E-state index is 5.67. The highest BCUT2D eigenvalue weighted by Crippen LogP contribution is 2.43. The number of aromatic amines is 1. The number of nitrogens with one attached hydrogen (secondary N) is 1. The Balaban J connectivity index is 0.00000157. The topological polar surface area (TPSA) is 41.8 Å². The lowest BCUT2D eigenvalue weighted by Gasteiger charge is -2.36. The van der Waals surface area contributed by atoms with Crippen LogP contribution in [-0.4, -0.2) is 23.3 Å². The summed E-state index contributed by atoms with van der Waals surface area (Å²) in [5.74, 6) is 2.10. The molecule has 0 bridgehead atoms. The molecule has 4 nitrogen and oxygen atoms in total. The van der Waals surface area contributed by atoms with Crippen molar-refractivity contribution < 1.29 is 26.4 Å². The van der Waals surface area contributed by atoms with Crippen LogP contribution in [0.1, 0.15) is 29.8 Å². The summed E-state index contributed by atoms with van der Waals surface area (Å²) >= 11 is 0. The summed E-state index contributed by atoms with van der Waals surface area (Å²) in [6, 6.07) is 19.2. The van der Waals surface area contributed by atoms with Crippen LogP contribution in [0.5, 0.6) is 0 Å². The molecule has 0 radical (unpaired) electrons. The standard InChI is InChI=1S/C20H19N3O.BrH/c1-2-6-15(7-3-1)18-21-19-20(10-12-24-13-11-20)17-9-5-4-8-16(17)14-23(19)22-18;/h1-9H,10-14H2;1H. The third kappa shape index (κ3) is 2.53. The Morgan fingerprint density at radius 1 is 0.960 bits per heavy atom. The number of benzene rings is 2. The number of halogens is 1. The number of hydrogen-bond donors (Lipinski definition) is 1. The van der Waals surface area contributed by atoms with E-state index in [0.29, 0.717) is 0 Å². The van der Waals surface area contributed by atoms with Gasteiger partial charge < -0.3 is 21.7 Å². The van der Waals surface area contributed by atoms with Crippen LogP contribution in [0.2, 0.25) is 0 Å². The van der Waals surface area contributed by atoms with Crippen LogP contribution < -0.4 is 21.7 Å². The van der Waals surface area contributed by atoms with E-state index in [1.54, 1.807) is 0 Å². The lowest BCUT2D eigenvalue weighted by atomic mass is 9.70. The Hall–Kier alpha value is -1.98. The molecule has 3 aromatic rings. The van der Waals surface area contributed by atoms with Crippen molar-refractivity contribution in [3.63, 3.8) is 0 Å². The van der Waals surface area contributed by atoms with Gasteiger partial charge >= 0.3 is 5.82 Å². The number of hydrogen-bond acceptors (Lipinski definition) is 2. The highest BCUT2D eigenvalue weighted by Gasteiger charge is 2.50. The molecule has 5 heteroatoms. The number of nitrogens with zero attached hydrogens (tertiary/aromatic N) is 2. The van der Waals surface area contributed by atoms with Gasteiger partial charge in [-0.05, 0) is 41.1 Å². The normalized spacial score (nSPS) is 17.4. The van der Waals surface area contributed by atoms with Crippen LogP contribution in [0, 0.1) is 0 Å². The molecule has 5 rings (SSSR count). The van der Waals surface area contributed by atoms with Gasteiger partial charge in [0.15, 0.2) is 0 Å². The SMILES string of the molecule is [Br-].c1ccc(-c2nc3[n+]([nH]2)Cc2ccccc2C32CCOCC2)cc1. The molecule has 1 saturated heterocycles. The molecular weight excluding hydrogens is 378 g/mol. The van der Waals surface area contributed by atoms with E-state index in [0.717, 1.165) is 49.8 Å². The van der Waals surface area contributed by atoms with Crippen molar-refractivity contribution in [1.82, 2.24) is 10.1 Å². The molecule has 2 aliphatic heterocycles. The molecule has 1 spiro atoms. The second kappa shape index (κ2) is 6.39. The van der Waals surface area contributed by atoms with Crippen LogP contribution in [0.25, 0.3) is 11.4 Å². The van der Waals surface area contributed by atoms with Crippen LogP contribution >= 0.6 is 0 Å². The lowest BCUT2D eigenvalue weighted by molar-refractivity contribution is -0.755. The van der Waals surface area contributed by atoms with Gasteiger partial charge in [0.25, 0.3) is 5.82 Å². The number of aromatic nitrogens is 3. The summed E-state index contributed by atoms with van der Waals surface area (Å²) < 4.78 is 7.90. The van der Waals surface area contributed by atoms with Gasteiger partial charge in [-0.2, -0.15) is 9.78 Å². The molecule has 25 heavy (non-hydrogen) atoms. The predicted octanol–water partition coefficient (Wildman–Crippen LogP) is -0.174. The zero-order valence-corrected chi connectivity index (χ0v) is 15.5. The van der Waals surface area contributed by atoms with Crippen molar-refractivity contribution in [2.24, 2.45) is 0 Å². The van der Waals surface area contributed by atoms with E-state index in [4.69, 9.17) is 9.72 Å². The Labute approximate surface area is 157 Å². The fourth-order valence-corrected chi connectivity index (χ4v) is 4.21. The monoisotopic (exact) mass is 397 g/mol. The highest BCUT2D eigenvalue weighted by atomic mass is 79.9. The number of rotatable bonds is 1. The Morgan fingerprint density at radius 3 is 2.48 bits per heavy atom. The molecule has 3 heterocycles. The maximum Gasteiger partial charge on any atom is 0.330 e. The second-order valence-electron chi connectivity index (χ2n) is 6.70. The van der Waals surface area contributed by atoms with Crippen molar-refractivity contribution >= 4 is 0 Å². The fraction of sp³-hybridized carbons (Fsp3) is 0.300.